The molecule has 39 heavy (non-hydrogen) atoms. The number of hydrogen-bond donors (Lipinski definition) is 2. The summed E-state index contributed by atoms with van der Waals surface area (Å²) in [6, 6.07) is 1.47. The summed E-state index contributed by atoms with van der Waals surface area (Å²) in [4.78, 5) is 42.6. The van der Waals surface area contributed by atoms with E-state index in [2.05, 4.69) is 5.32 Å². The zero-order valence-corrected chi connectivity index (χ0v) is 23.7. The van der Waals surface area contributed by atoms with Gasteiger partial charge in [-0.25, -0.2) is 13.6 Å². The number of nitrogens with one attached hydrogen (secondary N) is 1. The van der Waals surface area contributed by atoms with Crippen LogP contribution in [0, 0.1) is 23.5 Å². The van der Waals surface area contributed by atoms with Gasteiger partial charge in [-0.05, 0) is 70.6 Å². The minimum atomic E-state index is -1.23. The Labute approximate surface area is 230 Å². The van der Waals surface area contributed by atoms with Gasteiger partial charge in [0.2, 0.25) is 11.8 Å². The molecule has 1 aromatic rings. The number of aliphatic hydroxyl groups excluding tert-OH is 1. The lowest BCUT2D eigenvalue weighted by Gasteiger charge is -2.35. The molecular formula is C29H43F2N3O5. The molecule has 1 unspecified atom stereocenters. The van der Waals surface area contributed by atoms with E-state index in [4.69, 9.17) is 4.74 Å². The first-order valence-electron chi connectivity index (χ1n) is 14.1. The molecule has 5 atom stereocenters. The largest absolute Gasteiger partial charge is 0.444 e. The molecule has 0 bridgehead atoms. The van der Waals surface area contributed by atoms with Crippen molar-refractivity contribution in [1.82, 2.24) is 15.1 Å². The molecule has 3 amide bonds. The Morgan fingerprint density at radius 2 is 1.85 bits per heavy atom. The number of rotatable bonds is 10. The van der Waals surface area contributed by atoms with Gasteiger partial charge in [0.15, 0.2) is 0 Å². The van der Waals surface area contributed by atoms with E-state index in [9.17, 15) is 28.3 Å². The van der Waals surface area contributed by atoms with Crippen molar-refractivity contribution < 1.29 is 33.0 Å². The zero-order chi connectivity index (χ0) is 28.9. The third-order valence-electron chi connectivity index (χ3n) is 7.53. The number of halogens is 2. The van der Waals surface area contributed by atoms with Crippen LogP contribution in [0.3, 0.4) is 0 Å². The second kappa shape index (κ2) is 13.1. The van der Waals surface area contributed by atoms with Gasteiger partial charge in [0.05, 0.1) is 30.0 Å². The minimum absolute atomic E-state index is 0.0534. The average molecular weight is 552 g/mol. The number of carbonyl (C=O) groups is 3. The first-order valence-corrected chi connectivity index (χ1v) is 14.1. The second-order valence-corrected chi connectivity index (χ2v) is 11.7. The maximum absolute atomic E-state index is 14.0. The smallest absolute Gasteiger partial charge is 0.410 e. The topological polar surface area (TPSA) is 99.2 Å². The molecule has 2 aliphatic rings. The molecule has 0 aliphatic carbocycles. The van der Waals surface area contributed by atoms with Gasteiger partial charge < -0.3 is 25.0 Å². The van der Waals surface area contributed by atoms with Gasteiger partial charge in [-0.2, -0.15) is 0 Å². The van der Waals surface area contributed by atoms with Crippen molar-refractivity contribution in [2.24, 2.45) is 11.8 Å². The highest BCUT2D eigenvalue weighted by atomic mass is 19.1. The summed E-state index contributed by atoms with van der Waals surface area (Å²) >= 11 is 0. The highest BCUT2D eigenvalue weighted by Gasteiger charge is 2.45. The molecule has 0 radical (unpaired) electrons. The van der Waals surface area contributed by atoms with E-state index >= 15 is 0 Å². The monoisotopic (exact) mass is 551 g/mol. The summed E-state index contributed by atoms with van der Waals surface area (Å²) in [6.45, 7) is 10.4. The number of unbranched alkanes of at least 4 members (excludes halogenated alkanes) is 1. The maximum Gasteiger partial charge on any atom is 0.410 e. The van der Waals surface area contributed by atoms with Gasteiger partial charge in [-0.1, -0.05) is 20.3 Å². The number of ether oxygens (including phenoxy) is 1. The van der Waals surface area contributed by atoms with Crippen LogP contribution >= 0.6 is 0 Å². The Balaban J connectivity index is 1.85. The molecule has 2 N–H and O–H groups in total. The van der Waals surface area contributed by atoms with E-state index in [-0.39, 0.29) is 24.4 Å². The first-order chi connectivity index (χ1) is 18.3. The zero-order valence-electron chi connectivity index (χ0n) is 23.7. The number of nitrogens with zero attached hydrogens (tertiary/aromatic N) is 2. The van der Waals surface area contributed by atoms with Crippen molar-refractivity contribution in [2.75, 3.05) is 19.6 Å². The number of hydrogen-bond acceptors (Lipinski definition) is 5. The van der Waals surface area contributed by atoms with Crippen LogP contribution in [0.5, 0.6) is 0 Å². The summed E-state index contributed by atoms with van der Waals surface area (Å²) in [7, 11) is 0. The SMILES string of the molecule is CCCCN1CC(C(=O)N[C@@H](Cc2cc(F)cc(F)c2)[C@H](O)[C@H]2CCCN2C(=O)OC(C)(C)C)[C@H](CC)C1=O. The molecule has 0 aromatic heterocycles. The Hall–Kier alpha value is -2.75. The van der Waals surface area contributed by atoms with E-state index in [0.717, 1.165) is 31.0 Å². The van der Waals surface area contributed by atoms with Crippen molar-refractivity contribution in [3.05, 3.63) is 35.4 Å². The van der Waals surface area contributed by atoms with Crippen molar-refractivity contribution in [3.63, 3.8) is 0 Å². The fraction of sp³-hybridized carbons (Fsp3) is 0.690. The Morgan fingerprint density at radius 1 is 1.18 bits per heavy atom. The standard InChI is InChI=1S/C29H43F2N3O5/c1-6-8-11-33-17-22(21(7-2)27(33)37)26(36)32-23(15-18-13-19(30)16-20(31)14-18)25(35)24-10-9-12-34(24)28(38)39-29(3,4)5/h13-14,16,21-25,35H,6-12,15,17H2,1-5H3,(H,32,36)/t21-,22?,23-,24+,25-/m0/s1. The summed E-state index contributed by atoms with van der Waals surface area (Å²) in [6.07, 6.45) is 1.52. The van der Waals surface area contributed by atoms with E-state index in [1.165, 1.54) is 4.90 Å². The van der Waals surface area contributed by atoms with Crippen molar-refractivity contribution in [2.45, 2.75) is 96.9 Å². The average Bonchev–Trinajstić information content (AvgIpc) is 3.45. The fourth-order valence-electron chi connectivity index (χ4n) is 5.63. The van der Waals surface area contributed by atoms with Crippen LogP contribution in [0.2, 0.25) is 0 Å². The fourth-order valence-corrected chi connectivity index (χ4v) is 5.63. The van der Waals surface area contributed by atoms with E-state index in [1.807, 2.05) is 13.8 Å². The van der Waals surface area contributed by atoms with Crippen LogP contribution in [0.25, 0.3) is 0 Å². The van der Waals surface area contributed by atoms with E-state index in [0.29, 0.717) is 32.4 Å². The predicted octanol–water partition coefficient (Wildman–Crippen LogP) is 4.04. The molecule has 2 fully saturated rings. The van der Waals surface area contributed by atoms with Gasteiger partial charge >= 0.3 is 6.09 Å². The summed E-state index contributed by atoms with van der Waals surface area (Å²) in [5.74, 6) is -3.06. The highest BCUT2D eigenvalue weighted by Crippen LogP contribution is 2.30. The first kappa shape index (κ1) is 30.8. The second-order valence-electron chi connectivity index (χ2n) is 11.7. The highest BCUT2D eigenvalue weighted by molar-refractivity contribution is 5.91. The van der Waals surface area contributed by atoms with Crippen LogP contribution in [-0.2, 0) is 20.7 Å². The van der Waals surface area contributed by atoms with Gasteiger partial charge in [0.25, 0.3) is 0 Å². The molecule has 0 spiro atoms. The minimum Gasteiger partial charge on any atom is -0.444 e. The molecule has 218 valence electrons. The summed E-state index contributed by atoms with van der Waals surface area (Å²) < 4.78 is 33.5. The van der Waals surface area contributed by atoms with Gasteiger partial charge in [-0.15, -0.1) is 0 Å². The molecule has 3 rings (SSSR count). The molecule has 1 aromatic carbocycles. The van der Waals surface area contributed by atoms with Gasteiger partial charge in [-0.3, -0.25) is 9.59 Å². The lowest BCUT2D eigenvalue weighted by molar-refractivity contribution is -0.134. The number of carbonyl (C=O) groups excluding carboxylic acids is 3. The quantitative estimate of drug-likeness (QED) is 0.458. The number of amides is 3. The predicted molar refractivity (Wildman–Crippen MR) is 143 cm³/mol. The lowest BCUT2D eigenvalue weighted by atomic mass is 9.90. The molecule has 10 heteroatoms. The molecule has 8 nitrogen and oxygen atoms in total. The van der Waals surface area contributed by atoms with Crippen LogP contribution in [0.4, 0.5) is 13.6 Å². The Bertz CT molecular complexity index is 1010. The molecule has 2 saturated heterocycles. The van der Waals surface area contributed by atoms with Crippen molar-refractivity contribution in [1.29, 1.82) is 0 Å². The molecule has 2 aliphatic heterocycles. The number of benzene rings is 1. The van der Waals surface area contributed by atoms with Gasteiger partial charge in [0.1, 0.15) is 17.2 Å². The number of aliphatic hydroxyl groups is 1. The van der Waals surface area contributed by atoms with Crippen LogP contribution in [-0.4, -0.2) is 76.2 Å². The normalized spacial score (nSPS) is 23.2. The van der Waals surface area contributed by atoms with Crippen LogP contribution < -0.4 is 5.32 Å². The molecule has 0 saturated carbocycles. The third kappa shape index (κ3) is 7.90. The Morgan fingerprint density at radius 3 is 2.44 bits per heavy atom. The maximum atomic E-state index is 14.0. The lowest BCUT2D eigenvalue weighted by Crippen LogP contribution is -2.56. The molecule has 2 heterocycles. The summed E-state index contributed by atoms with van der Waals surface area (Å²) in [5.41, 5.74) is -0.465. The van der Waals surface area contributed by atoms with E-state index < -0.39 is 59.3 Å². The van der Waals surface area contributed by atoms with Crippen LogP contribution in [0.15, 0.2) is 18.2 Å². The third-order valence-corrected chi connectivity index (χ3v) is 7.53. The van der Waals surface area contributed by atoms with Crippen LogP contribution in [0.1, 0.15) is 72.3 Å². The van der Waals surface area contributed by atoms with Crippen molar-refractivity contribution >= 4 is 17.9 Å². The van der Waals surface area contributed by atoms with E-state index in [1.54, 1.807) is 25.7 Å². The van der Waals surface area contributed by atoms with Crippen molar-refractivity contribution in [3.8, 4) is 0 Å². The van der Waals surface area contributed by atoms with Gasteiger partial charge in [0, 0.05) is 25.7 Å². The number of likely N-dealkylation sites (tertiary alicyclic amines) is 2. The summed E-state index contributed by atoms with van der Waals surface area (Å²) in [5, 5.41) is 14.4. The molecular weight excluding hydrogens is 508 g/mol. The Kier molecular flexibility index (Phi) is 10.3.